The molecule has 0 bridgehead atoms. The van der Waals surface area contributed by atoms with Crippen LogP contribution in [0.1, 0.15) is 24.2 Å². The molecule has 0 aliphatic heterocycles. The third kappa shape index (κ3) is 3.66. The fraction of sp³-hybridized carbons (Fsp3) is 0.333. The SMILES string of the molecule is Cc1nc(Nc2ccc(C(F)(F)F)cc2)cc(NC2CC2)n1. The molecule has 3 rings (SSSR count). The third-order valence-corrected chi connectivity index (χ3v) is 3.25. The number of hydrogen-bond acceptors (Lipinski definition) is 4. The molecule has 1 fully saturated rings. The van der Waals surface area contributed by atoms with Crippen molar-refractivity contribution in [3.63, 3.8) is 0 Å². The van der Waals surface area contributed by atoms with E-state index in [1.807, 2.05) is 0 Å². The minimum atomic E-state index is -4.33. The molecule has 1 aliphatic carbocycles. The highest BCUT2D eigenvalue weighted by Gasteiger charge is 2.29. The van der Waals surface area contributed by atoms with E-state index in [1.165, 1.54) is 12.1 Å². The Hall–Kier alpha value is -2.31. The Bertz CT molecular complexity index is 663. The second-order valence-electron chi connectivity index (χ2n) is 5.30. The van der Waals surface area contributed by atoms with Crippen LogP contribution in [0.5, 0.6) is 0 Å². The highest BCUT2D eigenvalue weighted by atomic mass is 19.4. The molecular formula is C15H15F3N4. The van der Waals surface area contributed by atoms with Crippen molar-refractivity contribution < 1.29 is 13.2 Å². The van der Waals surface area contributed by atoms with Crippen LogP contribution in [-0.4, -0.2) is 16.0 Å². The first-order valence-electron chi connectivity index (χ1n) is 6.97. The van der Waals surface area contributed by atoms with Gasteiger partial charge in [-0.25, -0.2) is 9.97 Å². The van der Waals surface area contributed by atoms with Gasteiger partial charge in [-0.2, -0.15) is 13.2 Å². The molecule has 116 valence electrons. The van der Waals surface area contributed by atoms with Crippen LogP contribution in [0, 0.1) is 6.92 Å². The van der Waals surface area contributed by atoms with Crippen molar-refractivity contribution in [2.75, 3.05) is 10.6 Å². The average Bonchev–Trinajstić information content (AvgIpc) is 3.21. The van der Waals surface area contributed by atoms with Crippen molar-refractivity contribution in [1.29, 1.82) is 0 Å². The second-order valence-corrected chi connectivity index (χ2v) is 5.30. The Balaban J connectivity index is 1.75. The van der Waals surface area contributed by atoms with Gasteiger partial charge in [-0.05, 0) is 44.0 Å². The molecule has 0 atom stereocenters. The van der Waals surface area contributed by atoms with E-state index in [2.05, 4.69) is 20.6 Å². The quantitative estimate of drug-likeness (QED) is 0.892. The molecule has 2 aromatic rings. The lowest BCUT2D eigenvalue weighted by Crippen LogP contribution is -2.07. The molecule has 0 radical (unpaired) electrons. The monoisotopic (exact) mass is 308 g/mol. The molecule has 1 heterocycles. The van der Waals surface area contributed by atoms with Gasteiger partial charge in [-0.15, -0.1) is 0 Å². The molecule has 0 amide bonds. The molecule has 0 saturated heterocycles. The predicted molar refractivity (Wildman–Crippen MR) is 78.1 cm³/mol. The Morgan fingerprint density at radius 3 is 2.27 bits per heavy atom. The van der Waals surface area contributed by atoms with Crippen molar-refractivity contribution in [2.45, 2.75) is 32.0 Å². The smallest absolute Gasteiger partial charge is 0.367 e. The van der Waals surface area contributed by atoms with Crippen LogP contribution in [0.4, 0.5) is 30.5 Å². The lowest BCUT2D eigenvalue weighted by Gasteiger charge is -2.11. The molecular weight excluding hydrogens is 293 g/mol. The fourth-order valence-electron chi connectivity index (χ4n) is 2.03. The minimum absolute atomic E-state index is 0.466. The molecule has 0 unspecified atom stereocenters. The zero-order valence-electron chi connectivity index (χ0n) is 11.9. The van der Waals surface area contributed by atoms with Gasteiger partial charge in [-0.3, -0.25) is 0 Å². The largest absolute Gasteiger partial charge is 0.416 e. The Morgan fingerprint density at radius 1 is 1.05 bits per heavy atom. The number of aryl methyl sites for hydroxylation is 1. The van der Waals surface area contributed by atoms with Crippen LogP contribution in [0.15, 0.2) is 30.3 Å². The van der Waals surface area contributed by atoms with Crippen LogP contribution in [-0.2, 0) is 6.18 Å². The summed E-state index contributed by atoms with van der Waals surface area (Å²) in [5, 5.41) is 6.27. The average molecular weight is 308 g/mol. The van der Waals surface area contributed by atoms with Gasteiger partial charge in [0.1, 0.15) is 17.5 Å². The molecule has 1 aromatic heterocycles. The highest BCUT2D eigenvalue weighted by molar-refractivity contribution is 5.59. The number of benzene rings is 1. The van der Waals surface area contributed by atoms with Gasteiger partial charge in [-0.1, -0.05) is 0 Å². The van der Waals surface area contributed by atoms with Crippen molar-refractivity contribution in [2.24, 2.45) is 0 Å². The van der Waals surface area contributed by atoms with Crippen LogP contribution in [0.25, 0.3) is 0 Å². The van der Waals surface area contributed by atoms with E-state index < -0.39 is 11.7 Å². The lowest BCUT2D eigenvalue weighted by molar-refractivity contribution is -0.137. The van der Waals surface area contributed by atoms with E-state index >= 15 is 0 Å². The van der Waals surface area contributed by atoms with Crippen LogP contribution in [0.3, 0.4) is 0 Å². The molecule has 4 nitrogen and oxygen atoms in total. The first-order valence-corrected chi connectivity index (χ1v) is 6.97. The molecule has 0 spiro atoms. The molecule has 2 N–H and O–H groups in total. The Morgan fingerprint density at radius 2 is 1.68 bits per heavy atom. The van der Waals surface area contributed by atoms with Crippen molar-refractivity contribution in [1.82, 2.24) is 9.97 Å². The third-order valence-electron chi connectivity index (χ3n) is 3.25. The summed E-state index contributed by atoms with van der Waals surface area (Å²) < 4.78 is 37.6. The Labute approximate surface area is 125 Å². The summed E-state index contributed by atoms with van der Waals surface area (Å²) in [5.41, 5.74) is -0.128. The molecule has 1 saturated carbocycles. The van der Waals surface area contributed by atoms with E-state index in [4.69, 9.17) is 0 Å². The summed E-state index contributed by atoms with van der Waals surface area (Å²) in [5.74, 6) is 1.87. The van der Waals surface area contributed by atoms with Gasteiger partial charge in [0, 0.05) is 17.8 Å². The van der Waals surface area contributed by atoms with Crippen molar-refractivity contribution in [3.8, 4) is 0 Å². The van der Waals surface area contributed by atoms with Gasteiger partial charge in [0.05, 0.1) is 5.56 Å². The topological polar surface area (TPSA) is 49.8 Å². The van der Waals surface area contributed by atoms with Gasteiger partial charge in [0.2, 0.25) is 0 Å². The first kappa shape index (κ1) is 14.6. The number of nitrogens with zero attached hydrogens (tertiary/aromatic N) is 2. The normalized spacial score (nSPS) is 14.7. The number of rotatable bonds is 4. The summed E-state index contributed by atoms with van der Waals surface area (Å²) >= 11 is 0. The summed E-state index contributed by atoms with van der Waals surface area (Å²) in [6.07, 6.45) is -2.07. The molecule has 1 aromatic carbocycles. The number of alkyl halides is 3. The fourth-order valence-corrected chi connectivity index (χ4v) is 2.03. The number of aromatic nitrogens is 2. The maximum absolute atomic E-state index is 12.5. The standard InChI is InChI=1S/C15H15F3N4/c1-9-19-13(8-14(20-9)22-12-6-7-12)21-11-4-2-10(3-5-11)15(16,17)18/h2-5,8,12H,6-7H2,1H3,(H2,19,20,21,22). The molecule has 22 heavy (non-hydrogen) atoms. The molecule has 7 heteroatoms. The molecule has 1 aliphatic rings. The van der Waals surface area contributed by atoms with Gasteiger partial charge in [0.25, 0.3) is 0 Å². The zero-order chi connectivity index (χ0) is 15.7. The highest BCUT2D eigenvalue weighted by Crippen LogP contribution is 2.30. The summed E-state index contributed by atoms with van der Waals surface area (Å²) in [7, 11) is 0. The summed E-state index contributed by atoms with van der Waals surface area (Å²) in [6, 6.07) is 7.07. The zero-order valence-corrected chi connectivity index (χ0v) is 11.9. The summed E-state index contributed by atoms with van der Waals surface area (Å²) in [6.45, 7) is 1.77. The van der Waals surface area contributed by atoms with Crippen LogP contribution >= 0.6 is 0 Å². The maximum Gasteiger partial charge on any atom is 0.416 e. The number of anilines is 3. The minimum Gasteiger partial charge on any atom is -0.367 e. The number of hydrogen-bond donors (Lipinski definition) is 2. The lowest BCUT2D eigenvalue weighted by atomic mass is 10.2. The number of halogens is 3. The van der Waals surface area contributed by atoms with Gasteiger partial charge >= 0.3 is 6.18 Å². The van der Waals surface area contributed by atoms with Gasteiger partial charge in [0.15, 0.2) is 0 Å². The van der Waals surface area contributed by atoms with E-state index in [1.54, 1.807) is 13.0 Å². The first-order chi connectivity index (χ1) is 10.4. The van der Waals surface area contributed by atoms with Crippen molar-refractivity contribution in [3.05, 3.63) is 41.7 Å². The maximum atomic E-state index is 12.5. The predicted octanol–water partition coefficient (Wildman–Crippen LogP) is 4.12. The second kappa shape index (κ2) is 5.47. The van der Waals surface area contributed by atoms with Crippen LogP contribution in [0.2, 0.25) is 0 Å². The van der Waals surface area contributed by atoms with E-state index in [0.29, 0.717) is 23.4 Å². The van der Waals surface area contributed by atoms with E-state index in [-0.39, 0.29) is 0 Å². The van der Waals surface area contributed by atoms with Crippen molar-refractivity contribution >= 4 is 17.3 Å². The summed E-state index contributed by atoms with van der Waals surface area (Å²) in [4.78, 5) is 8.53. The Kier molecular flexibility index (Phi) is 3.64. The van der Waals surface area contributed by atoms with E-state index in [9.17, 15) is 13.2 Å². The van der Waals surface area contributed by atoms with Gasteiger partial charge < -0.3 is 10.6 Å². The van der Waals surface area contributed by atoms with E-state index in [0.717, 1.165) is 30.8 Å². The number of nitrogens with one attached hydrogen (secondary N) is 2. The van der Waals surface area contributed by atoms with Crippen LogP contribution < -0.4 is 10.6 Å².